The van der Waals surface area contributed by atoms with E-state index in [1.807, 2.05) is 0 Å². The summed E-state index contributed by atoms with van der Waals surface area (Å²) < 4.78 is 55.5. The molecular weight excluding hydrogens is 407 g/mol. The first-order valence-corrected chi connectivity index (χ1v) is 10.7. The van der Waals surface area contributed by atoms with E-state index in [4.69, 9.17) is 27.9 Å². The van der Waals surface area contributed by atoms with Crippen molar-refractivity contribution in [1.82, 2.24) is 0 Å². The number of ether oxygens (including phenoxy) is 1. The number of rotatable bonds is 6. The molecule has 0 heterocycles. The van der Waals surface area contributed by atoms with Crippen LogP contribution in [0.25, 0.3) is 0 Å². The third-order valence-electron chi connectivity index (χ3n) is 3.12. The SMILES string of the molecule is CCOC=C(S(=O)(=O)c1ccc(Cl)cc1)S(=O)(=O)c1ccc(Cl)cc1. The standard InChI is InChI=1S/C16H14Cl2O5S2/c1-2-23-11-16(24(19,20)14-7-3-12(17)4-8-14)25(21,22)15-9-5-13(18)6-10-15/h3-11H,2H2,1H3. The monoisotopic (exact) mass is 420 g/mol. The minimum atomic E-state index is -4.35. The largest absolute Gasteiger partial charge is 0.499 e. The highest BCUT2D eigenvalue weighted by molar-refractivity contribution is 8.14. The molecular formula is C16H14Cl2O5S2. The van der Waals surface area contributed by atoms with Gasteiger partial charge in [0.1, 0.15) is 6.26 Å². The maximum Gasteiger partial charge on any atom is 0.221 e. The molecule has 2 rings (SSSR count). The average molecular weight is 421 g/mol. The Balaban J connectivity index is 2.63. The fraction of sp³-hybridized carbons (Fsp3) is 0.125. The minimum absolute atomic E-state index is 0.107. The van der Waals surface area contributed by atoms with E-state index in [0.29, 0.717) is 10.0 Å². The first kappa shape index (κ1) is 19.8. The van der Waals surface area contributed by atoms with Crippen molar-refractivity contribution in [3.05, 3.63) is 69.1 Å². The fourth-order valence-corrected chi connectivity index (χ4v) is 5.71. The summed E-state index contributed by atoms with van der Waals surface area (Å²) in [5, 5.41) is 0.657. The van der Waals surface area contributed by atoms with Crippen LogP contribution in [0.5, 0.6) is 0 Å². The second-order valence-electron chi connectivity index (χ2n) is 4.81. The lowest BCUT2D eigenvalue weighted by Crippen LogP contribution is -2.15. The molecule has 0 bridgehead atoms. The maximum absolute atomic E-state index is 12.8. The highest BCUT2D eigenvalue weighted by atomic mass is 35.5. The molecule has 0 fully saturated rings. The molecule has 9 heteroatoms. The summed E-state index contributed by atoms with van der Waals surface area (Å²) in [5.74, 6) is 0. The van der Waals surface area contributed by atoms with E-state index < -0.39 is 23.9 Å². The predicted molar refractivity (Wildman–Crippen MR) is 97.0 cm³/mol. The Bertz CT molecular complexity index is 900. The molecule has 0 aliphatic rings. The Morgan fingerprint density at radius 3 is 1.52 bits per heavy atom. The highest BCUT2D eigenvalue weighted by Gasteiger charge is 2.34. The van der Waals surface area contributed by atoms with Crippen molar-refractivity contribution in [2.24, 2.45) is 0 Å². The Morgan fingerprint density at radius 2 is 1.20 bits per heavy atom. The molecule has 0 saturated carbocycles. The molecule has 0 saturated heterocycles. The summed E-state index contributed by atoms with van der Waals surface area (Å²) in [4.78, 5) is -0.416. The van der Waals surface area contributed by atoms with Gasteiger partial charge in [0.2, 0.25) is 23.9 Å². The van der Waals surface area contributed by atoms with Crippen molar-refractivity contribution in [1.29, 1.82) is 0 Å². The molecule has 0 spiro atoms. The zero-order chi connectivity index (χ0) is 18.7. The molecule has 0 atom stereocenters. The molecule has 2 aromatic carbocycles. The van der Waals surface area contributed by atoms with E-state index >= 15 is 0 Å². The van der Waals surface area contributed by atoms with Crippen molar-refractivity contribution in [3.8, 4) is 0 Å². The number of benzene rings is 2. The van der Waals surface area contributed by atoms with E-state index in [1.54, 1.807) is 6.92 Å². The van der Waals surface area contributed by atoms with E-state index in [-0.39, 0.29) is 16.4 Å². The van der Waals surface area contributed by atoms with Gasteiger partial charge in [0.15, 0.2) is 0 Å². The van der Waals surface area contributed by atoms with Crippen LogP contribution in [0, 0.1) is 0 Å². The summed E-state index contributed by atoms with van der Waals surface area (Å²) in [6.07, 6.45) is 0.744. The minimum Gasteiger partial charge on any atom is -0.499 e. The van der Waals surface area contributed by atoms with Crippen LogP contribution < -0.4 is 0 Å². The molecule has 0 aliphatic heterocycles. The quantitative estimate of drug-likeness (QED) is 0.657. The van der Waals surface area contributed by atoms with Crippen LogP contribution in [0.3, 0.4) is 0 Å². The van der Waals surface area contributed by atoms with E-state index in [1.165, 1.54) is 48.5 Å². The van der Waals surface area contributed by atoms with Gasteiger partial charge in [-0.2, -0.15) is 0 Å². The number of hydrogen-bond acceptors (Lipinski definition) is 5. The van der Waals surface area contributed by atoms with Gasteiger partial charge >= 0.3 is 0 Å². The van der Waals surface area contributed by atoms with Crippen LogP contribution in [0.1, 0.15) is 6.92 Å². The summed E-state index contributed by atoms with van der Waals surface area (Å²) in [6, 6.07) is 10.4. The van der Waals surface area contributed by atoms with Crippen molar-refractivity contribution >= 4 is 42.9 Å². The molecule has 0 N–H and O–H groups in total. The van der Waals surface area contributed by atoms with Crippen LogP contribution in [-0.2, 0) is 24.4 Å². The van der Waals surface area contributed by atoms with Gasteiger partial charge in [0, 0.05) is 10.0 Å². The molecule has 134 valence electrons. The zero-order valence-corrected chi connectivity index (χ0v) is 16.2. The average Bonchev–Trinajstić information content (AvgIpc) is 2.55. The summed E-state index contributed by atoms with van der Waals surface area (Å²) in [5.41, 5.74) is 0. The summed E-state index contributed by atoms with van der Waals surface area (Å²) in [6.45, 7) is 1.72. The van der Waals surface area contributed by atoms with Crippen LogP contribution in [0.15, 0.2) is 68.8 Å². The molecule has 0 aromatic heterocycles. The molecule has 25 heavy (non-hydrogen) atoms. The molecule has 0 aliphatic carbocycles. The second-order valence-corrected chi connectivity index (χ2v) is 9.77. The van der Waals surface area contributed by atoms with Crippen LogP contribution in [0.2, 0.25) is 10.0 Å². The number of halogens is 2. The molecule has 0 amide bonds. The lowest BCUT2D eigenvalue weighted by Gasteiger charge is -2.11. The van der Waals surface area contributed by atoms with Crippen molar-refractivity contribution in [2.75, 3.05) is 6.61 Å². The van der Waals surface area contributed by atoms with E-state index in [2.05, 4.69) is 0 Å². The molecule has 0 radical (unpaired) electrons. The van der Waals surface area contributed by atoms with Gasteiger partial charge in [-0.25, -0.2) is 16.8 Å². The lowest BCUT2D eigenvalue weighted by atomic mass is 10.4. The van der Waals surface area contributed by atoms with Crippen LogP contribution in [-0.4, -0.2) is 23.4 Å². The lowest BCUT2D eigenvalue weighted by molar-refractivity contribution is 0.269. The highest BCUT2D eigenvalue weighted by Crippen LogP contribution is 2.30. The van der Waals surface area contributed by atoms with Crippen LogP contribution in [0.4, 0.5) is 0 Å². The van der Waals surface area contributed by atoms with Gasteiger partial charge in [-0.15, -0.1) is 0 Å². The van der Waals surface area contributed by atoms with Gasteiger partial charge in [-0.05, 0) is 55.5 Å². The normalized spacial score (nSPS) is 11.8. The van der Waals surface area contributed by atoms with Gasteiger partial charge in [-0.1, -0.05) is 23.2 Å². The first-order valence-electron chi connectivity index (χ1n) is 7.02. The summed E-state index contributed by atoms with van der Waals surface area (Å²) in [7, 11) is -8.70. The van der Waals surface area contributed by atoms with Gasteiger partial charge in [0.05, 0.1) is 16.4 Å². The van der Waals surface area contributed by atoms with Gasteiger partial charge < -0.3 is 4.74 Å². The number of sulfone groups is 2. The maximum atomic E-state index is 12.8. The first-order chi connectivity index (χ1) is 11.7. The Morgan fingerprint density at radius 1 is 0.840 bits per heavy atom. The van der Waals surface area contributed by atoms with Crippen molar-refractivity contribution < 1.29 is 21.6 Å². The second kappa shape index (κ2) is 7.78. The van der Waals surface area contributed by atoms with Gasteiger partial charge in [-0.3, -0.25) is 0 Å². The van der Waals surface area contributed by atoms with Crippen LogP contribution >= 0.6 is 23.2 Å². The Kier molecular flexibility index (Phi) is 6.16. The number of hydrogen-bond donors (Lipinski definition) is 0. The fourth-order valence-electron chi connectivity index (χ4n) is 1.88. The van der Waals surface area contributed by atoms with Gasteiger partial charge in [0.25, 0.3) is 0 Å². The Hall–Kier alpha value is -1.54. The molecule has 0 unspecified atom stereocenters. The topological polar surface area (TPSA) is 77.5 Å². The Labute approximate surface area is 156 Å². The third kappa shape index (κ3) is 4.36. The molecule has 2 aromatic rings. The van der Waals surface area contributed by atoms with Crippen molar-refractivity contribution in [3.63, 3.8) is 0 Å². The van der Waals surface area contributed by atoms with E-state index in [9.17, 15) is 16.8 Å². The molecule has 5 nitrogen and oxygen atoms in total. The predicted octanol–water partition coefficient (Wildman–Crippen LogP) is 4.08. The van der Waals surface area contributed by atoms with E-state index in [0.717, 1.165) is 6.26 Å². The zero-order valence-electron chi connectivity index (χ0n) is 13.0. The summed E-state index contributed by atoms with van der Waals surface area (Å²) >= 11 is 11.5. The third-order valence-corrected chi connectivity index (χ3v) is 7.98. The van der Waals surface area contributed by atoms with Crippen molar-refractivity contribution in [2.45, 2.75) is 16.7 Å². The smallest absolute Gasteiger partial charge is 0.221 e.